The predicted molar refractivity (Wildman–Crippen MR) is 81.4 cm³/mol. The van der Waals surface area contributed by atoms with Crippen LogP contribution < -0.4 is 10.9 Å². The largest absolute Gasteiger partial charge is 0.363 e. The van der Waals surface area contributed by atoms with Crippen molar-refractivity contribution in [1.29, 1.82) is 0 Å². The average molecular weight is 290 g/mol. The third-order valence-electron chi connectivity index (χ3n) is 3.88. The Hall–Kier alpha value is -1.69. The number of hydrogen-bond donors (Lipinski definition) is 1. The Bertz CT molecular complexity index is 670. The van der Waals surface area contributed by atoms with Gasteiger partial charge in [-0.15, -0.1) is 10.2 Å². The molecule has 2 aromatic heterocycles. The second-order valence-electron chi connectivity index (χ2n) is 5.16. The van der Waals surface area contributed by atoms with Crippen molar-refractivity contribution in [2.24, 2.45) is 0 Å². The second-order valence-corrected chi connectivity index (χ2v) is 6.14. The lowest BCUT2D eigenvalue weighted by Crippen LogP contribution is -2.26. The number of nitrogens with one attached hydrogen (secondary N) is 1. The lowest BCUT2D eigenvalue weighted by molar-refractivity contribution is 0.492. The fourth-order valence-corrected chi connectivity index (χ4v) is 3.57. The molecule has 0 bridgehead atoms. The smallest absolute Gasteiger partial charge is 0.261 e. The van der Waals surface area contributed by atoms with Gasteiger partial charge in [-0.25, -0.2) is 0 Å². The van der Waals surface area contributed by atoms with E-state index in [1.54, 1.807) is 7.05 Å². The van der Waals surface area contributed by atoms with E-state index >= 15 is 0 Å². The molecule has 0 aromatic carbocycles. The monoisotopic (exact) mass is 290 g/mol. The quantitative estimate of drug-likeness (QED) is 0.944. The summed E-state index contributed by atoms with van der Waals surface area (Å²) in [5.74, 6) is 0. The standard InChI is InChI=1S/C14H18N4OS/c1-9-7-8-11(12-16-17-14(15-2)20-12)13(19)18(9)10-5-3-4-6-10/h7-8,10H,3-6H2,1-2H3,(H,15,17). The van der Waals surface area contributed by atoms with Crippen LogP contribution in [-0.2, 0) is 0 Å². The molecule has 1 N–H and O–H groups in total. The molecule has 0 amide bonds. The van der Waals surface area contributed by atoms with Gasteiger partial charge in [0.1, 0.15) is 0 Å². The first-order valence-electron chi connectivity index (χ1n) is 6.94. The molecule has 3 rings (SSSR count). The normalized spacial score (nSPS) is 15.7. The molecule has 1 aliphatic carbocycles. The van der Waals surface area contributed by atoms with Gasteiger partial charge in [0.2, 0.25) is 5.13 Å². The van der Waals surface area contributed by atoms with E-state index < -0.39 is 0 Å². The van der Waals surface area contributed by atoms with Gasteiger partial charge in [-0.3, -0.25) is 4.79 Å². The zero-order chi connectivity index (χ0) is 14.1. The molecule has 2 aromatic rings. The van der Waals surface area contributed by atoms with Gasteiger partial charge in [-0.2, -0.15) is 0 Å². The van der Waals surface area contributed by atoms with E-state index in [1.807, 2.05) is 23.6 Å². The predicted octanol–water partition coefficient (Wildman–Crippen LogP) is 2.83. The molecule has 0 aliphatic heterocycles. The fraction of sp³-hybridized carbons (Fsp3) is 0.500. The van der Waals surface area contributed by atoms with Gasteiger partial charge in [0.25, 0.3) is 5.56 Å². The molecule has 20 heavy (non-hydrogen) atoms. The van der Waals surface area contributed by atoms with Crippen LogP contribution in [0.4, 0.5) is 5.13 Å². The maximum Gasteiger partial charge on any atom is 0.261 e. The number of nitrogens with zero attached hydrogens (tertiary/aromatic N) is 3. The highest BCUT2D eigenvalue weighted by Gasteiger charge is 2.21. The molecule has 0 unspecified atom stereocenters. The molecule has 0 atom stereocenters. The maximum atomic E-state index is 12.8. The van der Waals surface area contributed by atoms with Crippen molar-refractivity contribution in [3.8, 4) is 10.6 Å². The number of aryl methyl sites for hydroxylation is 1. The number of pyridine rings is 1. The Labute approximate surface area is 121 Å². The molecule has 0 saturated heterocycles. The summed E-state index contributed by atoms with van der Waals surface area (Å²) in [4.78, 5) is 12.8. The van der Waals surface area contributed by atoms with E-state index in [0.29, 0.717) is 16.6 Å². The van der Waals surface area contributed by atoms with Crippen LogP contribution in [0.2, 0.25) is 0 Å². The summed E-state index contributed by atoms with van der Waals surface area (Å²) in [6.45, 7) is 2.00. The van der Waals surface area contributed by atoms with Crippen molar-refractivity contribution in [3.05, 3.63) is 28.2 Å². The van der Waals surface area contributed by atoms with E-state index in [1.165, 1.54) is 24.2 Å². The summed E-state index contributed by atoms with van der Waals surface area (Å²) in [5, 5.41) is 12.5. The molecule has 106 valence electrons. The summed E-state index contributed by atoms with van der Waals surface area (Å²) in [6, 6.07) is 4.22. The van der Waals surface area contributed by atoms with Crippen molar-refractivity contribution in [3.63, 3.8) is 0 Å². The SMILES string of the molecule is CNc1nnc(-c2ccc(C)n(C3CCCC3)c2=O)s1. The Morgan fingerprint density at radius 1 is 1.30 bits per heavy atom. The van der Waals surface area contributed by atoms with Crippen molar-refractivity contribution < 1.29 is 0 Å². The van der Waals surface area contributed by atoms with E-state index in [0.717, 1.165) is 23.7 Å². The van der Waals surface area contributed by atoms with E-state index in [-0.39, 0.29) is 5.56 Å². The van der Waals surface area contributed by atoms with Crippen molar-refractivity contribution >= 4 is 16.5 Å². The van der Waals surface area contributed by atoms with E-state index in [9.17, 15) is 4.79 Å². The van der Waals surface area contributed by atoms with Gasteiger partial charge in [-0.05, 0) is 31.9 Å². The Kier molecular flexibility index (Phi) is 3.56. The molecule has 6 heteroatoms. The average Bonchev–Trinajstić information content (AvgIpc) is 3.09. The van der Waals surface area contributed by atoms with Crippen LogP contribution in [0.1, 0.15) is 37.4 Å². The van der Waals surface area contributed by atoms with Crippen molar-refractivity contribution in [2.45, 2.75) is 38.6 Å². The highest BCUT2D eigenvalue weighted by atomic mass is 32.1. The zero-order valence-electron chi connectivity index (χ0n) is 11.7. The fourth-order valence-electron chi connectivity index (χ4n) is 2.86. The van der Waals surface area contributed by atoms with Gasteiger partial charge < -0.3 is 9.88 Å². The van der Waals surface area contributed by atoms with Gasteiger partial charge >= 0.3 is 0 Å². The minimum atomic E-state index is 0.0655. The summed E-state index contributed by atoms with van der Waals surface area (Å²) < 4.78 is 1.95. The molecular weight excluding hydrogens is 272 g/mol. The highest BCUT2D eigenvalue weighted by molar-refractivity contribution is 7.18. The highest BCUT2D eigenvalue weighted by Crippen LogP contribution is 2.30. The number of hydrogen-bond acceptors (Lipinski definition) is 5. The third-order valence-corrected chi connectivity index (χ3v) is 4.85. The maximum absolute atomic E-state index is 12.8. The number of aromatic nitrogens is 3. The van der Waals surface area contributed by atoms with Crippen LogP contribution in [0.5, 0.6) is 0 Å². The van der Waals surface area contributed by atoms with Crippen LogP contribution in [0.25, 0.3) is 10.6 Å². The van der Waals surface area contributed by atoms with Crippen LogP contribution in [0, 0.1) is 6.92 Å². The lowest BCUT2D eigenvalue weighted by atomic mass is 10.2. The topological polar surface area (TPSA) is 59.8 Å². The third kappa shape index (κ3) is 2.24. The Morgan fingerprint density at radius 2 is 2.05 bits per heavy atom. The molecule has 5 nitrogen and oxygen atoms in total. The molecule has 1 fully saturated rings. The summed E-state index contributed by atoms with van der Waals surface area (Å²) >= 11 is 1.41. The van der Waals surface area contributed by atoms with Crippen LogP contribution >= 0.6 is 11.3 Å². The molecule has 1 aliphatic rings. The van der Waals surface area contributed by atoms with Gasteiger partial charge in [0.05, 0.1) is 5.56 Å². The first kappa shape index (κ1) is 13.3. The summed E-state index contributed by atoms with van der Waals surface area (Å²) in [6.07, 6.45) is 4.62. The first-order chi connectivity index (χ1) is 9.70. The van der Waals surface area contributed by atoms with E-state index in [4.69, 9.17) is 0 Å². The second kappa shape index (κ2) is 5.36. The number of rotatable bonds is 3. The van der Waals surface area contributed by atoms with Crippen LogP contribution in [-0.4, -0.2) is 21.8 Å². The zero-order valence-corrected chi connectivity index (χ0v) is 12.5. The minimum absolute atomic E-state index is 0.0655. The molecule has 1 saturated carbocycles. The minimum Gasteiger partial charge on any atom is -0.363 e. The molecular formula is C14H18N4OS. The van der Waals surface area contributed by atoms with Crippen molar-refractivity contribution in [2.75, 3.05) is 12.4 Å². The Balaban J connectivity index is 2.08. The van der Waals surface area contributed by atoms with Crippen molar-refractivity contribution in [1.82, 2.24) is 14.8 Å². The van der Waals surface area contributed by atoms with Crippen LogP contribution in [0.3, 0.4) is 0 Å². The van der Waals surface area contributed by atoms with Gasteiger partial charge in [-0.1, -0.05) is 24.2 Å². The van der Waals surface area contributed by atoms with E-state index in [2.05, 4.69) is 15.5 Å². The Morgan fingerprint density at radius 3 is 2.70 bits per heavy atom. The first-order valence-corrected chi connectivity index (χ1v) is 7.76. The molecule has 2 heterocycles. The lowest BCUT2D eigenvalue weighted by Gasteiger charge is -2.17. The molecule has 0 spiro atoms. The van der Waals surface area contributed by atoms with Gasteiger partial charge in [0.15, 0.2) is 5.01 Å². The van der Waals surface area contributed by atoms with Gasteiger partial charge in [0, 0.05) is 18.8 Å². The summed E-state index contributed by atoms with van der Waals surface area (Å²) in [5.41, 5.74) is 1.75. The van der Waals surface area contributed by atoms with Crippen LogP contribution in [0.15, 0.2) is 16.9 Å². The number of anilines is 1. The summed E-state index contributed by atoms with van der Waals surface area (Å²) in [7, 11) is 1.80. The molecule has 0 radical (unpaired) electrons.